The van der Waals surface area contributed by atoms with Crippen LogP contribution in [0.15, 0.2) is 46.6 Å². The molecule has 2 aliphatic rings. The lowest BCUT2D eigenvalue weighted by molar-refractivity contribution is -0.173. The number of carbonyl (C=O) groups is 4. The van der Waals surface area contributed by atoms with E-state index in [0.29, 0.717) is 11.1 Å². The number of carbonyl (C=O) groups excluding carboxylic acids is 4. The van der Waals surface area contributed by atoms with E-state index in [9.17, 15) is 24.1 Å². The number of nitrogens with two attached hydrogens (primary N) is 1. The number of nitrogens with zero attached hydrogens (tertiary/aromatic N) is 5. The predicted molar refractivity (Wildman–Crippen MR) is 145 cm³/mol. The van der Waals surface area contributed by atoms with Gasteiger partial charge in [-0.15, -0.1) is 28.0 Å². The quantitative estimate of drug-likeness (QED) is 0.187. The van der Waals surface area contributed by atoms with Gasteiger partial charge in [0.25, 0.3) is 11.8 Å². The minimum absolute atomic E-state index is 0.0588. The van der Waals surface area contributed by atoms with Gasteiger partial charge < -0.3 is 20.5 Å². The van der Waals surface area contributed by atoms with E-state index in [4.69, 9.17) is 15.2 Å². The number of anilines is 1. The van der Waals surface area contributed by atoms with Crippen LogP contribution in [0, 0.1) is 10.3 Å². The summed E-state index contributed by atoms with van der Waals surface area (Å²) < 4.78 is 10.2. The molecule has 0 aromatic carbocycles. The number of fused-ring (bicyclic) bond motifs is 1. The first kappa shape index (κ1) is 28.8. The van der Waals surface area contributed by atoms with Crippen molar-refractivity contribution >= 4 is 58.1 Å². The molecule has 3 atom stereocenters. The number of ether oxygens (including phenoxy) is 2. The van der Waals surface area contributed by atoms with Gasteiger partial charge in [-0.3, -0.25) is 19.3 Å². The average Bonchev–Trinajstić information content (AvgIpc) is 3.35. The van der Waals surface area contributed by atoms with Gasteiger partial charge in [0.05, 0.1) is 11.1 Å². The number of β-lactam (4-membered cyclic amide) rings is 1. The number of nitrogen functional groups attached to an aromatic ring is 1. The highest BCUT2D eigenvalue weighted by atomic mass is 32.2. The van der Waals surface area contributed by atoms with Gasteiger partial charge in [0, 0.05) is 29.1 Å². The van der Waals surface area contributed by atoms with E-state index in [1.807, 2.05) is 0 Å². The Kier molecular flexibility index (Phi) is 8.58. The first-order valence-corrected chi connectivity index (χ1v) is 13.7. The maximum atomic E-state index is 13.2. The minimum atomic E-state index is -1.49. The summed E-state index contributed by atoms with van der Waals surface area (Å²) in [6, 6.07) is -2.53. The van der Waals surface area contributed by atoms with Crippen molar-refractivity contribution in [3.63, 3.8) is 0 Å². The highest BCUT2D eigenvalue weighted by molar-refractivity contribution is 8.00. The molecule has 2 amide bonds. The van der Waals surface area contributed by atoms with Gasteiger partial charge in [-0.1, -0.05) is 12.2 Å². The van der Waals surface area contributed by atoms with Crippen molar-refractivity contribution in [2.45, 2.75) is 38.2 Å². The minimum Gasteiger partial charge on any atom is -0.427 e. The molecule has 3 N–H and O–H groups in total. The highest BCUT2D eigenvalue weighted by Crippen LogP contribution is 2.41. The molecule has 4 heterocycles. The summed E-state index contributed by atoms with van der Waals surface area (Å²) in [4.78, 5) is 75.6. The molecule has 1 saturated heterocycles. The zero-order chi connectivity index (χ0) is 29.0. The summed E-state index contributed by atoms with van der Waals surface area (Å²) in [6.07, 6.45) is 7.83. The Balaban J connectivity index is 1.53. The number of hydrogen-bond acceptors (Lipinski definition) is 14. The molecule has 0 aliphatic carbocycles. The Labute approximate surface area is 236 Å². The van der Waals surface area contributed by atoms with Crippen molar-refractivity contribution in [2.75, 3.05) is 18.3 Å². The number of rotatable bonds is 9. The van der Waals surface area contributed by atoms with Crippen LogP contribution in [0.4, 0.5) is 5.13 Å². The second-order valence-electron chi connectivity index (χ2n) is 9.63. The Morgan fingerprint density at radius 1 is 1.25 bits per heavy atom. The fraction of sp³-hybridized carbons (Fsp3) is 0.375. The molecule has 2 aromatic heterocycles. The molecule has 210 valence electrons. The molecule has 1 unspecified atom stereocenters. The Morgan fingerprint density at radius 3 is 2.60 bits per heavy atom. The topological polar surface area (TPSA) is 196 Å². The van der Waals surface area contributed by atoms with Crippen LogP contribution in [-0.2, 0) is 28.7 Å². The third-order valence-electron chi connectivity index (χ3n) is 5.71. The number of hydrogen-bond donors (Lipinski definition) is 2. The summed E-state index contributed by atoms with van der Waals surface area (Å²) >= 11 is 2.34. The first-order chi connectivity index (χ1) is 19.0. The summed E-state index contributed by atoms with van der Waals surface area (Å²) in [6.45, 7) is 4.31. The smallest absolute Gasteiger partial charge is 0.358 e. The molecule has 0 bridgehead atoms. The highest BCUT2D eigenvalue weighted by Gasteiger charge is 2.54. The molecule has 0 saturated carbocycles. The fourth-order valence-corrected chi connectivity index (χ4v) is 5.57. The zero-order valence-corrected chi connectivity index (χ0v) is 23.2. The molecule has 4 rings (SSSR count). The maximum Gasteiger partial charge on any atom is 0.358 e. The SMILES string of the molecule is CC(C)(C)C(=O)OCOC(=O)C1=C(C=Cc2cncnc2)CS[C@H]2[C@H](NC(=O)C(N=O)c3csc(N)n3)C(=O)N12. The van der Waals surface area contributed by atoms with Crippen molar-refractivity contribution in [1.82, 2.24) is 25.2 Å². The third kappa shape index (κ3) is 6.17. The maximum absolute atomic E-state index is 13.2. The number of amides is 2. The van der Waals surface area contributed by atoms with Crippen LogP contribution in [0.1, 0.15) is 38.1 Å². The Bertz CT molecular complexity index is 1390. The van der Waals surface area contributed by atoms with Crippen LogP contribution < -0.4 is 11.1 Å². The normalized spacial score (nSPS) is 19.5. The van der Waals surface area contributed by atoms with E-state index in [-0.39, 0.29) is 22.3 Å². The number of allylic oxidation sites excluding steroid dienone is 1. The molecular formula is C24H25N7O7S2. The Morgan fingerprint density at radius 2 is 1.98 bits per heavy atom. The summed E-state index contributed by atoms with van der Waals surface area (Å²) in [5.74, 6) is -2.61. The van der Waals surface area contributed by atoms with Crippen LogP contribution >= 0.6 is 23.1 Å². The number of thioether (sulfide) groups is 1. The molecule has 0 radical (unpaired) electrons. The molecule has 2 aromatic rings. The predicted octanol–water partition coefficient (Wildman–Crippen LogP) is 1.78. The standard InChI is InChI=1S/C24H25N7O7S2/c1-24(2,3)22(35)38-11-37-21(34)17-13(5-4-12-6-26-10-27-7-12)8-39-20-16(19(33)31(17)20)29-18(32)15(30-36)14-9-40-23(25)28-14/h4-7,9-10,15-16,20H,8,11H2,1-3H3,(H2,25,28)(H,29,32)/t15?,16-,20+/m1/s1. The van der Waals surface area contributed by atoms with Gasteiger partial charge in [-0.25, -0.2) is 19.7 Å². The molecule has 1 fully saturated rings. The Hall–Kier alpha value is -4.18. The number of thiazole rings is 1. The number of esters is 2. The van der Waals surface area contributed by atoms with E-state index < -0.39 is 53.4 Å². The van der Waals surface area contributed by atoms with Crippen LogP contribution in [0.5, 0.6) is 0 Å². The second-order valence-corrected chi connectivity index (χ2v) is 11.6. The van der Waals surface area contributed by atoms with Gasteiger partial charge >= 0.3 is 11.9 Å². The molecule has 14 nitrogen and oxygen atoms in total. The largest absolute Gasteiger partial charge is 0.427 e. The summed E-state index contributed by atoms with van der Waals surface area (Å²) in [5, 5.41) is 6.30. The molecule has 16 heteroatoms. The van der Waals surface area contributed by atoms with E-state index in [2.05, 4.69) is 25.4 Å². The lowest BCUT2D eigenvalue weighted by Crippen LogP contribution is -2.70. The summed E-state index contributed by atoms with van der Waals surface area (Å²) in [7, 11) is 0. The van der Waals surface area contributed by atoms with Crippen molar-refractivity contribution in [3.8, 4) is 0 Å². The lowest BCUT2D eigenvalue weighted by Gasteiger charge is -2.49. The van der Waals surface area contributed by atoms with Crippen molar-refractivity contribution in [3.05, 3.63) is 57.6 Å². The van der Waals surface area contributed by atoms with Gasteiger partial charge in [0.2, 0.25) is 12.8 Å². The van der Waals surface area contributed by atoms with E-state index in [1.54, 1.807) is 45.3 Å². The molecule has 40 heavy (non-hydrogen) atoms. The van der Waals surface area contributed by atoms with E-state index >= 15 is 0 Å². The van der Waals surface area contributed by atoms with Crippen LogP contribution in [0.25, 0.3) is 6.08 Å². The van der Waals surface area contributed by atoms with Gasteiger partial charge in [-0.2, -0.15) is 0 Å². The van der Waals surface area contributed by atoms with Crippen molar-refractivity contribution < 1.29 is 28.7 Å². The third-order valence-corrected chi connectivity index (χ3v) is 7.71. The molecule has 2 aliphatic heterocycles. The first-order valence-electron chi connectivity index (χ1n) is 11.8. The van der Waals surface area contributed by atoms with Gasteiger partial charge in [0.1, 0.15) is 23.4 Å². The zero-order valence-electron chi connectivity index (χ0n) is 21.6. The lowest BCUT2D eigenvalue weighted by atomic mass is 9.98. The number of nitrogens with one attached hydrogen (secondary N) is 1. The summed E-state index contributed by atoms with van der Waals surface area (Å²) in [5.41, 5.74) is 5.91. The number of nitroso groups, excluding NO2 is 1. The van der Waals surface area contributed by atoms with Gasteiger partial charge in [0.15, 0.2) is 5.13 Å². The average molecular weight is 588 g/mol. The van der Waals surface area contributed by atoms with Crippen LogP contribution in [0.3, 0.4) is 0 Å². The van der Waals surface area contributed by atoms with E-state index in [0.717, 1.165) is 11.3 Å². The molecular weight excluding hydrogens is 562 g/mol. The second kappa shape index (κ2) is 11.9. The van der Waals surface area contributed by atoms with Gasteiger partial charge in [-0.05, 0) is 31.5 Å². The van der Waals surface area contributed by atoms with Crippen LogP contribution in [-0.4, -0.2) is 67.6 Å². The van der Waals surface area contributed by atoms with E-state index in [1.165, 1.54) is 28.4 Å². The monoisotopic (exact) mass is 587 g/mol. The van der Waals surface area contributed by atoms with Crippen molar-refractivity contribution in [1.29, 1.82) is 0 Å². The fourth-order valence-electron chi connectivity index (χ4n) is 3.67. The van der Waals surface area contributed by atoms with Crippen LogP contribution in [0.2, 0.25) is 0 Å². The van der Waals surface area contributed by atoms with Crippen molar-refractivity contribution in [2.24, 2.45) is 10.6 Å². The molecule has 0 spiro atoms. The number of aromatic nitrogens is 3.